The Hall–Kier alpha value is -5.91. The number of amides is 2. The maximum absolute atomic E-state index is 13.9. The number of likely N-dealkylation sites (tertiary alicyclic amines) is 1. The number of aromatic amines is 2. The summed E-state index contributed by atoms with van der Waals surface area (Å²) in [7, 11) is 2.38. The van der Waals surface area contributed by atoms with Crippen LogP contribution in [0.2, 0.25) is 0 Å². The van der Waals surface area contributed by atoms with Crippen LogP contribution in [0, 0.1) is 5.92 Å². The molecule has 5 aromatic rings. The van der Waals surface area contributed by atoms with Crippen molar-refractivity contribution in [1.82, 2.24) is 14.9 Å². The van der Waals surface area contributed by atoms with Crippen molar-refractivity contribution in [3.05, 3.63) is 100 Å². The van der Waals surface area contributed by atoms with Gasteiger partial charge in [-0.1, -0.05) is 18.2 Å². The first kappa shape index (κ1) is 26.7. The highest BCUT2D eigenvalue weighted by molar-refractivity contribution is 6.14. The predicted molar refractivity (Wildman–Crippen MR) is 159 cm³/mol. The topological polar surface area (TPSA) is 164 Å². The van der Waals surface area contributed by atoms with Gasteiger partial charge in [0.1, 0.15) is 17.0 Å². The van der Waals surface area contributed by atoms with Gasteiger partial charge in [-0.3, -0.25) is 14.4 Å². The number of nitrogens with one attached hydrogen (secondary N) is 3. The van der Waals surface area contributed by atoms with E-state index in [1.165, 1.54) is 20.3 Å². The second-order valence-corrected chi connectivity index (χ2v) is 11.4. The van der Waals surface area contributed by atoms with Crippen molar-refractivity contribution in [1.29, 1.82) is 0 Å². The molecule has 1 saturated carbocycles. The van der Waals surface area contributed by atoms with E-state index in [1.54, 1.807) is 41.3 Å². The van der Waals surface area contributed by atoms with E-state index in [1.807, 2.05) is 18.2 Å². The number of rotatable bonds is 5. The SMILES string of the molecule is COC(=O)c1[nH]c2c(c1C(=O)OC)C13CC1CN(C(=O)c1cc4cc(NC(=O)c5cc6ccccc6o5)ccc4[nH]1)C3=CC2=O. The van der Waals surface area contributed by atoms with Gasteiger partial charge >= 0.3 is 11.9 Å². The summed E-state index contributed by atoms with van der Waals surface area (Å²) in [5, 5.41) is 4.35. The number of piperidine rings is 1. The van der Waals surface area contributed by atoms with Crippen molar-refractivity contribution >= 4 is 57.1 Å². The molecule has 2 aromatic carbocycles. The summed E-state index contributed by atoms with van der Waals surface area (Å²) in [5.41, 5.74) is 2.09. The van der Waals surface area contributed by atoms with Crippen LogP contribution in [0.25, 0.3) is 21.9 Å². The van der Waals surface area contributed by atoms with Crippen molar-refractivity contribution in [3.63, 3.8) is 0 Å². The zero-order valence-corrected chi connectivity index (χ0v) is 24.0. The highest BCUT2D eigenvalue weighted by Gasteiger charge is 2.69. The van der Waals surface area contributed by atoms with E-state index < -0.39 is 29.0 Å². The summed E-state index contributed by atoms with van der Waals surface area (Å²) < 4.78 is 15.5. The van der Waals surface area contributed by atoms with Gasteiger partial charge in [-0.25, -0.2) is 9.59 Å². The number of allylic oxidation sites excluding steroid dienone is 2. The fourth-order valence-corrected chi connectivity index (χ4v) is 6.90. The van der Waals surface area contributed by atoms with Gasteiger partial charge < -0.3 is 34.1 Å². The van der Waals surface area contributed by atoms with E-state index in [9.17, 15) is 24.0 Å². The molecular formula is C33H24N4O8. The summed E-state index contributed by atoms with van der Waals surface area (Å²) in [6.45, 7) is 0.324. The van der Waals surface area contributed by atoms with Gasteiger partial charge in [-0.15, -0.1) is 0 Å². The van der Waals surface area contributed by atoms with E-state index >= 15 is 0 Å². The van der Waals surface area contributed by atoms with Crippen molar-refractivity contribution in [2.45, 2.75) is 11.8 Å². The number of benzene rings is 2. The van der Waals surface area contributed by atoms with Gasteiger partial charge in [0.15, 0.2) is 5.76 Å². The molecule has 1 spiro atoms. The number of methoxy groups -OCH3 is 2. The van der Waals surface area contributed by atoms with Crippen LogP contribution in [0.5, 0.6) is 0 Å². The third kappa shape index (κ3) is 3.75. The number of fused-ring (bicyclic) bond motifs is 3. The van der Waals surface area contributed by atoms with Crippen LogP contribution in [0.15, 0.2) is 70.8 Å². The number of hydrogen-bond donors (Lipinski definition) is 3. The molecule has 12 heteroatoms. The molecule has 8 rings (SSSR count). The maximum Gasteiger partial charge on any atom is 0.355 e. The van der Waals surface area contributed by atoms with Crippen LogP contribution < -0.4 is 5.32 Å². The van der Waals surface area contributed by atoms with E-state index in [0.717, 1.165) is 5.39 Å². The van der Waals surface area contributed by atoms with Gasteiger partial charge in [-0.05, 0) is 48.7 Å². The van der Waals surface area contributed by atoms with Crippen molar-refractivity contribution in [2.75, 3.05) is 26.1 Å². The van der Waals surface area contributed by atoms with Crippen LogP contribution in [-0.4, -0.2) is 65.2 Å². The molecular weight excluding hydrogens is 580 g/mol. The molecule has 2 fully saturated rings. The van der Waals surface area contributed by atoms with Gasteiger partial charge in [0.25, 0.3) is 11.8 Å². The normalized spacial score (nSPS) is 19.5. The molecule has 45 heavy (non-hydrogen) atoms. The van der Waals surface area contributed by atoms with Crippen molar-refractivity contribution in [2.24, 2.45) is 5.92 Å². The van der Waals surface area contributed by atoms with E-state index in [2.05, 4.69) is 15.3 Å². The van der Waals surface area contributed by atoms with Crippen LogP contribution in [0.1, 0.15) is 64.4 Å². The minimum atomic E-state index is -0.801. The van der Waals surface area contributed by atoms with Gasteiger partial charge in [-0.2, -0.15) is 0 Å². The number of aromatic nitrogens is 2. The van der Waals surface area contributed by atoms with Crippen molar-refractivity contribution < 1.29 is 37.9 Å². The monoisotopic (exact) mass is 604 g/mol. The summed E-state index contributed by atoms with van der Waals surface area (Å²) in [6, 6.07) is 15.9. The van der Waals surface area contributed by atoms with Gasteiger partial charge in [0.05, 0.1) is 25.5 Å². The molecule has 224 valence electrons. The van der Waals surface area contributed by atoms with E-state index in [-0.39, 0.29) is 34.5 Å². The summed E-state index contributed by atoms with van der Waals surface area (Å²) in [5.74, 6) is -2.67. The minimum Gasteiger partial charge on any atom is -0.465 e. The minimum absolute atomic E-state index is 0.0436. The number of furan rings is 1. The number of para-hydroxylation sites is 1. The number of esters is 2. The van der Waals surface area contributed by atoms with Crippen LogP contribution >= 0.6 is 0 Å². The molecule has 0 radical (unpaired) electrons. The second kappa shape index (κ2) is 9.29. The van der Waals surface area contributed by atoms with Gasteiger partial charge in [0.2, 0.25) is 5.78 Å². The molecule has 1 aliphatic heterocycles. The number of ketones is 1. The first-order valence-corrected chi connectivity index (χ1v) is 14.2. The standard InChI is InChI=1S/C33H24N4O8/c1-43-31(41)25-26-27(36-28(25)32(42)44-2)21(38)12-24-33(26)13-17(33)14-37(24)30(40)20-10-16-9-18(7-8-19(16)35-20)34-29(39)23-11-15-5-3-4-6-22(15)45-23/h3-12,17,35-36H,13-14H2,1-2H3,(H,34,39). The fraction of sp³-hybridized carbons (Fsp3) is 0.182. The molecule has 3 N–H and O–H groups in total. The highest BCUT2D eigenvalue weighted by atomic mass is 16.5. The molecule has 2 atom stereocenters. The van der Waals surface area contributed by atoms with Crippen LogP contribution in [0.3, 0.4) is 0 Å². The lowest BCUT2D eigenvalue weighted by Crippen LogP contribution is -2.34. The Morgan fingerprint density at radius 3 is 2.56 bits per heavy atom. The Kier molecular flexibility index (Phi) is 5.51. The van der Waals surface area contributed by atoms with E-state index in [0.29, 0.717) is 52.1 Å². The number of ether oxygens (including phenoxy) is 2. The smallest absolute Gasteiger partial charge is 0.355 e. The summed E-state index contributed by atoms with van der Waals surface area (Å²) in [6.07, 6.45) is 2.01. The molecule has 3 aromatic heterocycles. The third-order valence-corrected chi connectivity index (χ3v) is 9.00. The quantitative estimate of drug-likeness (QED) is 0.246. The molecule has 4 heterocycles. The third-order valence-electron chi connectivity index (χ3n) is 9.00. The number of hydrogen-bond acceptors (Lipinski definition) is 8. The Morgan fingerprint density at radius 2 is 1.78 bits per heavy atom. The average molecular weight is 605 g/mol. The number of carbonyl (C=O) groups is 5. The summed E-state index contributed by atoms with van der Waals surface area (Å²) in [4.78, 5) is 73.0. The lowest BCUT2D eigenvalue weighted by Gasteiger charge is -2.28. The molecule has 1 saturated heterocycles. The first-order valence-electron chi connectivity index (χ1n) is 14.2. The molecule has 12 nitrogen and oxygen atoms in total. The zero-order valence-electron chi connectivity index (χ0n) is 24.0. The largest absolute Gasteiger partial charge is 0.465 e. The van der Waals surface area contributed by atoms with Gasteiger partial charge in [0, 0.05) is 51.3 Å². The predicted octanol–water partition coefficient (Wildman–Crippen LogP) is 4.56. The Balaban J connectivity index is 1.09. The average Bonchev–Trinajstić information content (AvgIpc) is 3.50. The summed E-state index contributed by atoms with van der Waals surface area (Å²) >= 11 is 0. The zero-order chi connectivity index (χ0) is 31.2. The Bertz CT molecular complexity index is 2170. The number of anilines is 1. The van der Waals surface area contributed by atoms with E-state index in [4.69, 9.17) is 13.9 Å². The molecule has 0 bridgehead atoms. The lowest BCUT2D eigenvalue weighted by molar-refractivity contribution is 0.0551. The molecule has 2 amide bonds. The Labute approximate surface area is 254 Å². The van der Waals surface area contributed by atoms with Crippen LogP contribution in [0.4, 0.5) is 5.69 Å². The second-order valence-electron chi connectivity index (χ2n) is 11.4. The maximum atomic E-state index is 13.9. The highest BCUT2D eigenvalue weighted by Crippen LogP contribution is 2.67. The number of H-pyrrole nitrogens is 2. The first-order chi connectivity index (χ1) is 21.7. The fourth-order valence-electron chi connectivity index (χ4n) is 6.90. The van der Waals surface area contributed by atoms with Crippen LogP contribution in [-0.2, 0) is 14.9 Å². The lowest BCUT2D eigenvalue weighted by atomic mass is 9.82. The molecule has 3 aliphatic rings. The Morgan fingerprint density at radius 1 is 0.978 bits per heavy atom. The number of carbonyl (C=O) groups excluding carboxylic acids is 5. The molecule has 2 unspecified atom stereocenters. The number of nitrogens with zero attached hydrogens (tertiary/aromatic N) is 1. The van der Waals surface area contributed by atoms with Crippen molar-refractivity contribution in [3.8, 4) is 0 Å². The molecule has 2 aliphatic carbocycles.